The van der Waals surface area contributed by atoms with Crippen LogP contribution in [0.15, 0.2) is 54.6 Å². The zero-order valence-corrected chi connectivity index (χ0v) is 14.5. The first-order chi connectivity index (χ1) is 12.2. The number of hydrogen-bond acceptors (Lipinski definition) is 3. The quantitative estimate of drug-likeness (QED) is 0.786. The SMILES string of the molecule is COCC(=O)N1CCC[C@H](C(=O)c2ccc(-c3ccccc3)cc2)C1. The number of methoxy groups -OCH3 is 1. The molecule has 25 heavy (non-hydrogen) atoms. The van der Waals surface area contributed by atoms with Crippen LogP contribution in [0.4, 0.5) is 0 Å². The minimum absolute atomic E-state index is 0.0422. The van der Waals surface area contributed by atoms with Crippen LogP contribution in [0.25, 0.3) is 11.1 Å². The van der Waals surface area contributed by atoms with Gasteiger partial charge in [0.1, 0.15) is 6.61 Å². The Morgan fingerprint density at radius 2 is 1.72 bits per heavy atom. The average molecular weight is 337 g/mol. The van der Waals surface area contributed by atoms with Crippen LogP contribution in [-0.4, -0.2) is 43.4 Å². The molecule has 1 heterocycles. The monoisotopic (exact) mass is 337 g/mol. The molecule has 1 aliphatic heterocycles. The van der Waals surface area contributed by atoms with Gasteiger partial charge >= 0.3 is 0 Å². The first-order valence-electron chi connectivity index (χ1n) is 8.65. The largest absolute Gasteiger partial charge is 0.375 e. The molecule has 0 unspecified atom stereocenters. The number of Topliss-reactive ketones (excluding diaryl/α,β-unsaturated/α-hetero) is 1. The Labute approximate surface area is 148 Å². The van der Waals surface area contributed by atoms with Crippen LogP contribution in [0.2, 0.25) is 0 Å². The summed E-state index contributed by atoms with van der Waals surface area (Å²) in [7, 11) is 1.51. The van der Waals surface area contributed by atoms with Crippen molar-refractivity contribution in [3.8, 4) is 11.1 Å². The Kier molecular flexibility index (Phi) is 5.61. The van der Waals surface area contributed by atoms with Crippen LogP contribution in [0, 0.1) is 5.92 Å². The summed E-state index contributed by atoms with van der Waals surface area (Å²) in [4.78, 5) is 26.5. The van der Waals surface area contributed by atoms with Gasteiger partial charge in [0.15, 0.2) is 5.78 Å². The maximum atomic E-state index is 12.8. The highest BCUT2D eigenvalue weighted by atomic mass is 16.5. The van der Waals surface area contributed by atoms with E-state index in [1.54, 1.807) is 4.90 Å². The normalized spacial score (nSPS) is 17.3. The molecule has 0 aliphatic carbocycles. The third-order valence-electron chi connectivity index (χ3n) is 4.69. The van der Waals surface area contributed by atoms with Crippen LogP contribution in [0.5, 0.6) is 0 Å². The minimum Gasteiger partial charge on any atom is -0.375 e. The lowest BCUT2D eigenvalue weighted by Gasteiger charge is -2.32. The van der Waals surface area contributed by atoms with Gasteiger partial charge in [0.2, 0.25) is 5.91 Å². The summed E-state index contributed by atoms with van der Waals surface area (Å²) in [6.07, 6.45) is 1.68. The molecule has 4 heteroatoms. The second kappa shape index (κ2) is 8.08. The van der Waals surface area contributed by atoms with Crippen molar-refractivity contribution in [2.75, 3.05) is 26.8 Å². The van der Waals surface area contributed by atoms with Crippen molar-refractivity contribution in [1.82, 2.24) is 4.90 Å². The van der Waals surface area contributed by atoms with Gasteiger partial charge in [-0.3, -0.25) is 9.59 Å². The van der Waals surface area contributed by atoms with E-state index in [0.717, 1.165) is 24.0 Å². The molecule has 1 saturated heterocycles. The number of carbonyl (C=O) groups is 2. The van der Waals surface area contributed by atoms with Gasteiger partial charge in [-0.1, -0.05) is 54.6 Å². The zero-order valence-electron chi connectivity index (χ0n) is 14.5. The second-order valence-electron chi connectivity index (χ2n) is 6.42. The summed E-state index contributed by atoms with van der Waals surface area (Å²) >= 11 is 0. The number of amides is 1. The van der Waals surface area contributed by atoms with Crippen molar-refractivity contribution < 1.29 is 14.3 Å². The molecule has 1 amide bonds. The molecule has 0 saturated carbocycles. The fourth-order valence-electron chi connectivity index (χ4n) is 3.33. The highest BCUT2D eigenvalue weighted by Gasteiger charge is 2.28. The average Bonchev–Trinajstić information content (AvgIpc) is 2.68. The third-order valence-corrected chi connectivity index (χ3v) is 4.69. The van der Waals surface area contributed by atoms with Crippen LogP contribution < -0.4 is 0 Å². The van der Waals surface area contributed by atoms with Crippen LogP contribution >= 0.6 is 0 Å². The van der Waals surface area contributed by atoms with Gasteiger partial charge in [-0.2, -0.15) is 0 Å². The number of ketones is 1. The summed E-state index contributed by atoms with van der Waals surface area (Å²) in [5, 5.41) is 0. The Morgan fingerprint density at radius 3 is 2.40 bits per heavy atom. The number of rotatable bonds is 5. The first kappa shape index (κ1) is 17.4. The summed E-state index contributed by atoms with van der Waals surface area (Å²) in [6, 6.07) is 17.8. The van der Waals surface area contributed by atoms with Gasteiger partial charge in [-0.05, 0) is 24.0 Å². The van der Waals surface area contributed by atoms with Crippen molar-refractivity contribution >= 4 is 11.7 Å². The molecular weight excluding hydrogens is 314 g/mol. The highest BCUT2D eigenvalue weighted by molar-refractivity contribution is 5.98. The van der Waals surface area contributed by atoms with Crippen LogP contribution in [0.1, 0.15) is 23.2 Å². The molecular formula is C21H23NO3. The Balaban J connectivity index is 1.69. The molecule has 2 aromatic rings. The molecule has 0 aromatic heterocycles. The zero-order chi connectivity index (χ0) is 17.6. The fraction of sp³-hybridized carbons (Fsp3) is 0.333. The summed E-state index contributed by atoms with van der Waals surface area (Å²) in [5.74, 6) is -0.0499. The molecule has 0 spiro atoms. The van der Waals surface area contributed by atoms with E-state index in [0.29, 0.717) is 18.7 Å². The molecule has 1 fully saturated rings. The van der Waals surface area contributed by atoms with Crippen molar-refractivity contribution in [1.29, 1.82) is 0 Å². The predicted molar refractivity (Wildman–Crippen MR) is 97.4 cm³/mol. The van der Waals surface area contributed by atoms with Crippen LogP contribution in [0.3, 0.4) is 0 Å². The van der Waals surface area contributed by atoms with Crippen LogP contribution in [-0.2, 0) is 9.53 Å². The molecule has 2 aromatic carbocycles. The number of nitrogens with zero attached hydrogens (tertiary/aromatic N) is 1. The van der Waals surface area contributed by atoms with Crippen molar-refractivity contribution in [2.45, 2.75) is 12.8 Å². The van der Waals surface area contributed by atoms with E-state index in [1.807, 2.05) is 42.5 Å². The molecule has 0 radical (unpaired) electrons. The number of piperidine rings is 1. The Bertz CT molecular complexity index is 725. The summed E-state index contributed by atoms with van der Waals surface area (Å²) < 4.78 is 4.92. The van der Waals surface area contributed by atoms with Gasteiger partial charge in [0, 0.05) is 31.7 Å². The van der Waals surface area contributed by atoms with Crippen molar-refractivity contribution in [3.63, 3.8) is 0 Å². The number of carbonyl (C=O) groups excluding carboxylic acids is 2. The Morgan fingerprint density at radius 1 is 1.04 bits per heavy atom. The Hall–Kier alpha value is -2.46. The molecule has 130 valence electrons. The first-order valence-corrected chi connectivity index (χ1v) is 8.65. The lowest BCUT2D eigenvalue weighted by atomic mass is 9.89. The van der Waals surface area contributed by atoms with E-state index < -0.39 is 0 Å². The molecule has 0 bridgehead atoms. The lowest BCUT2D eigenvalue weighted by molar-refractivity contribution is -0.136. The van der Waals surface area contributed by atoms with E-state index in [2.05, 4.69) is 12.1 Å². The summed E-state index contributed by atoms with van der Waals surface area (Å²) in [5.41, 5.74) is 2.94. The third kappa shape index (κ3) is 4.15. The highest BCUT2D eigenvalue weighted by Crippen LogP contribution is 2.24. The van der Waals surface area contributed by atoms with Gasteiger partial charge in [-0.25, -0.2) is 0 Å². The van der Waals surface area contributed by atoms with E-state index in [-0.39, 0.29) is 24.2 Å². The molecule has 1 aliphatic rings. The minimum atomic E-state index is -0.128. The lowest BCUT2D eigenvalue weighted by Crippen LogP contribution is -2.43. The molecule has 4 nitrogen and oxygen atoms in total. The molecule has 1 atom stereocenters. The van der Waals surface area contributed by atoms with E-state index in [9.17, 15) is 9.59 Å². The molecule has 3 rings (SSSR count). The van der Waals surface area contributed by atoms with Gasteiger partial charge < -0.3 is 9.64 Å². The van der Waals surface area contributed by atoms with E-state index in [4.69, 9.17) is 4.74 Å². The topological polar surface area (TPSA) is 46.6 Å². The van der Waals surface area contributed by atoms with Gasteiger partial charge in [0.05, 0.1) is 0 Å². The molecule has 0 N–H and O–H groups in total. The van der Waals surface area contributed by atoms with Crippen molar-refractivity contribution in [3.05, 3.63) is 60.2 Å². The van der Waals surface area contributed by atoms with Gasteiger partial charge in [-0.15, -0.1) is 0 Å². The van der Waals surface area contributed by atoms with E-state index in [1.165, 1.54) is 7.11 Å². The number of ether oxygens (including phenoxy) is 1. The van der Waals surface area contributed by atoms with Crippen molar-refractivity contribution in [2.24, 2.45) is 5.92 Å². The smallest absolute Gasteiger partial charge is 0.248 e. The predicted octanol–water partition coefficient (Wildman–Crippen LogP) is 3.42. The standard InChI is InChI=1S/C21H23NO3/c1-25-15-20(23)22-13-5-8-19(14-22)21(24)18-11-9-17(10-12-18)16-6-3-2-4-7-16/h2-4,6-7,9-12,19H,5,8,13-15H2,1H3/t19-/m0/s1. The number of hydrogen-bond donors (Lipinski definition) is 0. The second-order valence-corrected chi connectivity index (χ2v) is 6.42. The summed E-state index contributed by atoms with van der Waals surface area (Å²) in [6.45, 7) is 1.27. The number of benzene rings is 2. The van der Waals surface area contributed by atoms with Gasteiger partial charge in [0.25, 0.3) is 0 Å². The maximum Gasteiger partial charge on any atom is 0.248 e. The van der Waals surface area contributed by atoms with E-state index >= 15 is 0 Å². The number of likely N-dealkylation sites (tertiary alicyclic amines) is 1. The maximum absolute atomic E-state index is 12.8. The fourth-order valence-corrected chi connectivity index (χ4v) is 3.33.